The highest BCUT2D eigenvalue weighted by Gasteiger charge is 2.17. The molecule has 138 valence electrons. The molecule has 0 atom stereocenters. The van der Waals surface area contributed by atoms with Gasteiger partial charge in [0.25, 0.3) is 5.91 Å². The molecule has 2 aromatic carbocycles. The number of nitrogens with zero attached hydrogens (tertiary/aromatic N) is 2. The number of esters is 1. The molecule has 0 aliphatic carbocycles. The van der Waals surface area contributed by atoms with Crippen LogP contribution in [0.3, 0.4) is 0 Å². The monoisotopic (exact) mass is 366 g/mol. The normalized spacial score (nSPS) is 10.6. The number of hydrogen-bond acceptors (Lipinski definition) is 4. The summed E-state index contributed by atoms with van der Waals surface area (Å²) in [5.41, 5.74) is 2.13. The van der Waals surface area contributed by atoms with E-state index in [9.17, 15) is 14.0 Å². The summed E-state index contributed by atoms with van der Waals surface area (Å²) in [6, 6.07) is 15.1. The maximum atomic E-state index is 13.7. The number of para-hydroxylation sites is 1. The average Bonchev–Trinajstić information content (AvgIpc) is 2.66. The van der Waals surface area contributed by atoms with Crippen molar-refractivity contribution < 1.29 is 18.7 Å². The molecule has 0 fully saturated rings. The number of amides is 1. The van der Waals surface area contributed by atoms with Crippen LogP contribution in [0.1, 0.15) is 21.6 Å². The Morgan fingerprint density at radius 2 is 1.81 bits per heavy atom. The van der Waals surface area contributed by atoms with Gasteiger partial charge in [-0.25, -0.2) is 9.18 Å². The van der Waals surface area contributed by atoms with Crippen molar-refractivity contribution in [2.75, 3.05) is 13.7 Å². The molecule has 1 heterocycles. The second-order valence-corrected chi connectivity index (χ2v) is 6.25. The summed E-state index contributed by atoms with van der Waals surface area (Å²) in [5.74, 6) is -1.39. The van der Waals surface area contributed by atoms with Crippen LogP contribution < -0.4 is 0 Å². The van der Waals surface area contributed by atoms with Gasteiger partial charge >= 0.3 is 5.97 Å². The maximum Gasteiger partial charge on any atom is 0.339 e. The van der Waals surface area contributed by atoms with Crippen molar-refractivity contribution in [3.05, 3.63) is 77.2 Å². The first-order valence-electron chi connectivity index (χ1n) is 8.46. The number of aryl methyl sites for hydroxylation is 1. The lowest BCUT2D eigenvalue weighted by Crippen LogP contribution is -2.31. The quantitative estimate of drug-likeness (QED) is 0.649. The van der Waals surface area contributed by atoms with Crippen LogP contribution in [0.15, 0.2) is 54.6 Å². The number of fused-ring (bicyclic) bond motifs is 1. The standard InChI is InChI=1S/C21H19FN2O3/c1-14-11-17(16-8-4-6-10-19(16)23-14)21(26)27-13-20(25)24(2)12-15-7-3-5-9-18(15)22/h3-11H,12-13H2,1-2H3. The van der Waals surface area contributed by atoms with Crippen molar-refractivity contribution in [1.82, 2.24) is 9.88 Å². The number of carbonyl (C=O) groups is 2. The molecule has 1 aromatic heterocycles. The van der Waals surface area contributed by atoms with E-state index in [0.717, 1.165) is 0 Å². The average molecular weight is 366 g/mol. The number of rotatable bonds is 5. The minimum Gasteiger partial charge on any atom is -0.452 e. The topological polar surface area (TPSA) is 59.5 Å². The molecule has 0 bridgehead atoms. The van der Waals surface area contributed by atoms with Crippen molar-refractivity contribution in [1.29, 1.82) is 0 Å². The third-order valence-corrected chi connectivity index (χ3v) is 4.18. The maximum absolute atomic E-state index is 13.7. The van der Waals surface area contributed by atoms with E-state index < -0.39 is 18.5 Å². The van der Waals surface area contributed by atoms with Gasteiger partial charge in [-0.05, 0) is 25.1 Å². The van der Waals surface area contributed by atoms with Crippen LogP contribution in [0.5, 0.6) is 0 Å². The highest BCUT2D eigenvalue weighted by atomic mass is 19.1. The first kappa shape index (κ1) is 18.5. The van der Waals surface area contributed by atoms with E-state index in [2.05, 4.69) is 4.98 Å². The Morgan fingerprint density at radius 1 is 1.11 bits per heavy atom. The first-order valence-corrected chi connectivity index (χ1v) is 8.46. The molecule has 3 rings (SSSR count). The number of likely N-dealkylation sites (N-methyl/N-ethyl adjacent to an activating group) is 1. The Morgan fingerprint density at radius 3 is 2.59 bits per heavy atom. The Bertz CT molecular complexity index is 1000. The van der Waals surface area contributed by atoms with Gasteiger partial charge in [-0.15, -0.1) is 0 Å². The zero-order chi connectivity index (χ0) is 19.4. The van der Waals surface area contributed by atoms with Crippen molar-refractivity contribution >= 4 is 22.8 Å². The number of carbonyl (C=O) groups excluding carboxylic acids is 2. The van der Waals surface area contributed by atoms with Crippen LogP contribution in [0, 0.1) is 12.7 Å². The lowest BCUT2D eigenvalue weighted by molar-refractivity contribution is -0.133. The van der Waals surface area contributed by atoms with Crippen LogP contribution in [0.25, 0.3) is 10.9 Å². The molecule has 0 N–H and O–H groups in total. The Labute approximate surface area is 156 Å². The minimum atomic E-state index is -0.593. The summed E-state index contributed by atoms with van der Waals surface area (Å²) >= 11 is 0. The predicted octanol–water partition coefficient (Wildman–Crippen LogP) is 3.50. The van der Waals surface area contributed by atoms with Gasteiger partial charge in [0.15, 0.2) is 6.61 Å². The van der Waals surface area contributed by atoms with E-state index in [1.54, 1.807) is 37.3 Å². The van der Waals surface area contributed by atoms with Crippen LogP contribution in [-0.4, -0.2) is 35.4 Å². The third-order valence-electron chi connectivity index (χ3n) is 4.18. The number of benzene rings is 2. The highest BCUT2D eigenvalue weighted by Crippen LogP contribution is 2.19. The van der Waals surface area contributed by atoms with Gasteiger partial charge in [-0.1, -0.05) is 36.4 Å². The molecule has 0 radical (unpaired) electrons. The molecule has 0 saturated heterocycles. The second kappa shape index (κ2) is 7.95. The molecule has 1 amide bonds. The SMILES string of the molecule is Cc1cc(C(=O)OCC(=O)N(C)Cc2ccccc2F)c2ccccc2n1. The van der Waals surface area contributed by atoms with Gasteiger partial charge in [-0.3, -0.25) is 9.78 Å². The van der Waals surface area contributed by atoms with Gasteiger partial charge in [0.2, 0.25) is 0 Å². The zero-order valence-electron chi connectivity index (χ0n) is 15.1. The van der Waals surface area contributed by atoms with Crippen LogP contribution >= 0.6 is 0 Å². The molecule has 0 unspecified atom stereocenters. The molecule has 6 heteroatoms. The Balaban J connectivity index is 1.67. The van der Waals surface area contributed by atoms with Gasteiger partial charge in [0, 0.05) is 30.2 Å². The lowest BCUT2D eigenvalue weighted by Gasteiger charge is -2.17. The van der Waals surface area contributed by atoms with Crippen LogP contribution in [0.4, 0.5) is 4.39 Å². The molecule has 0 spiro atoms. The number of pyridine rings is 1. The van der Waals surface area contributed by atoms with Crippen molar-refractivity contribution in [3.8, 4) is 0 Å². The largest absolute Gasteiger partial charge is 0.452 e. The number of halogens is 1. The van der Waals surface area contributed by atoms with E-state index in [0.29, 0.717) is 27.7 Å². The molecule has 5 nitrogen and oxygen atoms in total. The first-order chi connectivity index (χ1) is 13.0. The molecule has 0 aliphatic heterocycles. The number of ether oxygens (including phenoxy) is 1. The molecule has 27 heavy (non-hydrogen) atoms. The van der Waals surface area contributed by atoms with Gasteiger partial charge in [-0.2, -0.15) is 0 Å². The minimum absolute atomic E-state index is 0.0976. The predicted molar refractivity (Wildman–Crippen MR) is 99.6 cm³/mol. The van der Waals surface area contributed by atoms with E-state index >= 15 is 0 Å². The van der Waals surface area contributed by atoms with Crippen LogP contribution in [-0.2, 0) is 16.1 Å². The van der Waals surface area contributed by atoms with Gasteiger partial charge in [0.05, 0.1) is 11.1 Å². The van der Waals surface area contributed by atoms with E-state index in [1.165, 1.54) is 18.0 Å². The fraction of sp³-hybridized carbons (Fsp3) is 0.190. The summed E-state index contributed by atoms with van der Waals surface area (Å²) in [6.45, 7) is 1.47. The molecular formula is C21H19FN2O3. The van der Waals surface area contributed by atoms with Crippen molar-refractivity contribution in [3.63, 3.8) is 0 Å². The lowest BCUT2D eigenvalue weighted by atomic mass is 10.1. The summed E-state index contributed by atoms with van der Waals surface area (Å²) in [5, 5.41) is 0.667. The summed E-state index contributed by atoms with van der Waals surface area (Å²) in [4.78, 5) is 30.4. The Hall–Kier alpha value is -3.28. The fourth-order valence-corrected chi connectivity index (χ4v) is 2.76. The van der Waals surface area contributed by atoms with Crippen molar-refractivity contribution in [2.24, 2.45) is 0 Å². The van der Waals surface area contributed by atoms with E-state index in [-0.39, 0.29) is 12.4 Å². The molecule has 0 aliphatic rings. The van der Waals surface area contributed by atoms with Crippen LogP contribution in [0.2, 0.25) is 0 Å². The van der Waals surface area contributed by atoms with Crippen molar-refractivity contribution in [2.45, 2.75) is 13.5 Å². The third kappa shape index (κ3) is 4.28. The number of hydrogen-bond donors (Lipinski definition) is 0. The highest BCUT2D eigenvalue weighted by molar-refractivity contribution is 6.04. The molecular weight excluding hydrogens is 347 g/mol. The number of aromatic nitrogens is 1. The smallest absolute Gasteiger partial charge is 0.339 e. The van der Waals surface area contributed by atoms with E-state index in [1.807, 2.05) is 18.2 Å². The fourth-order valence-electron chi connectivity index (χ4n) is 2.76. The Kier molecular flexibility index (Phi) is 5.45. The summed E-state index contributed by atoms with van der Waals surface area (Å²) in [6.07, 6.45) is 0. The summed E-state index contributed by atoms with van der Waals surface area (Å²) in [7, 11) is 1.54. The summed E-state index contributed by atoms with van der Waals surface area (Å²) < 4.78 is 18.9. The van der Waals surface area contributed by atoms with E-state index in [4.69, 9.17) is 4.74 Å². The van der Waals surface area contributed by atoms with Gasteiger partial charge < -0.3 is 9.64 Å². The second-order valence-electron chi connectivity index (χ2n) is 6.25. The van der Waals surface area contributed by atoms with Gasteiger partial charge in [0.1, 0.15) is 5.82 Å². The zero-order valence-corrected chi connectivity index (χ0v) is 15.1. The molecule has 0 saturated carbocycles. The molecule has 3 aromatic rings.